The average Bonchev–Trinajstić information content (AvgIpc) is 2.88. The van der Waals surface area contributed by atoms with Crippen molar-refractivity contribution in [3.63, 3.8) is 0 Å². The predicted octanol–water partition coefficient (Wildman–Crippen LogP) is 6.11. The highest BCUT2D eigenvalue weighted by molar-refractivity contribution is 7.86. The van der Waals surface area contributed by atoms with Gasteiger partial charge in [-0.3, -0.25) is 4.72 Å². The van der Waals surface area contributed by atoms with Crippen LogP contribution in [0, 0.1) is 0 Å². The third-order valence-electron chi connectivity index (χ3n) is 5.44. The van der Waals surface area contributed by atoms with Gasteiger partial charge in [0.2, 0.25) is 0 Å². The Kier molecular flexibility index (Phi) is 5.83. The second-order valence-electron chi connectivity index (χ2n) is 7.44. The van der Waals surface area contributed by atoms with Crippen LogP contribution in [-0.4, -0.2) is 21.3 Å². The summed E-state index contributed by atoms with van der Waals surface area (Å²) < 4.78 is 21.5. The molecule has 1 N–H and O–H groups in total. The third kappa shape index (κ3) is 4.33. The normalized spacial score (nSPS) is 11.8. The Morgan fingerprint density at radius 1 is 0.818 bits per heavy atom. The maximum atomic E-state index is 12.8. The van der Waals surface area contributed by atoms with E-state index in [0.717, 1.165) is 38.8 Å². The van der Waals surface area contributed by atoms with Crippen LogP contribution in [0.15, 0.2) is 108 Å². The summed E-state index contributed by atoms with van der Waals surface area (Å²) in [6.07, 6.45) is 3.03. The molecule has 162 valence electrons. The highest BCUT2D eigenvalue weighted by atomic mass is 32.2. The molecular formula is C27H21N3O2S. The SMILES string of the molecule is COc1cc(-c2ccccc2)ccc1-c1cccc2cc(S(=O)Nc3ccncn3)ccc12. The molecule has 0 spiro atoms. The van der Waals surface area contributed by atoms with Gasteiger partial charge in [0.05, 0.1) is 12.0 Å². The minimum atomic E-state index is -1.44. The number of methoxy groups -OCH3 is 1. The highest BCUT2D eigenvalue weighted by Crippen LogP contribution is 2.38. The quantitative estimate of drug-likeness (QED) is 0.338. The van der Waals surface area contributed by atoms with E-state index in [4.69, 9.17) is 4.74 Å². The van der Waals surface area contributed by atoms with Crippen molar-refractivity contribution in [3.8, 4) is 28.0 Å². The van der Waals surface area contributed by atoms with E-state index in [-0.39, 0.29) is 0 Å². The summed E-state index contributed by atoms with van der Waals surface area (Å²) in [4.78, 5) is 8.63. The number of rotatable bonds is 6. The molecule has 4 aromatic carbocycles. The van der Waals surface area contributed by atoms with Gasteiger partial charge in [0, 0.05) is 11.8 Å². The number of nitrogens with zero attached hydrogens (tertiary/aromatic N) is 2. The van der Waals surface area contributed by atoms with E-state index in [2.05, 4.69) is 51.1 Å². The smallest absolute Gasteiger partial charge is 0.151 e. The number of benzene rings is 4. The molecule has 6 heteroatoms. The first-order chi connectivity index (χ1) is 16.2. The van der Waals surface area contributed by atoms with Crippen LogP contribution in [0.3, 0.4) is 0 Å². The fourth-order valence-corrected chi connectivity index (χ4v) is 4.70. The molecule has 1 unspecified atom stereocenters. The van der Waals surface area contributed by atoms with Gasteiger partial charge in [-0.2, -0.15) is 0 Å². The van der Waals surface area contributed by atoms with Crippen LogP contribution < -0.4 is 9.46 Å². The van der Waals surface area contributed by atoms with Gasteiger partial charge in [-0.25, -0.2) is 14.2 Å². The number of nitrogens with one attached hydrogen (secondary N) is 1. The van der Waals surface area contributed by atoms with Crippen LogP contribution in [0.25, 0.3) is 33.0 Å². The van der Waals surface area contributed by atoms with Crippen LogP contribution in [0.4, 0.5) is 5.82 Å². The topological polar surface area (TPSA) is 64.1 Å². The highest BCUT2D eigenvalue weighted by Gasteiger charge is 2.13. The molecule has 1 atom stereocenters. The standard InChI is InChI=1S/C27H21N3O2S/c1-32-26-17-20(19-6-3-2-4-7-19)10-12-25(26)24-9-5-8-21-16-22(11-13-23(21)24)33(31)30-27-14-15-28-18-29-27/h2-18H,1H3,(H,28,29,30). The molecule has 5 aromatic rings. The van der Waals surface area contributed by atoms with Gasteiger partial charge in [-0.15, -0.1) is 0 Å². The van der Waals surface area contributed by atoms with Crippen LogP contribution in [0.5, 0.6) is 5.75 Å². The van der Waals surface area contributed by atoms with Crippen LogP contribution in [0.2, 0.25) is 0 Å². The molecule has 0 amide bonds. The molecule has 0 fully saturated rings. The first-order valence-corrected chi connectivity index (χ1v) is 11.6. The molecule has 0 aliphatic heterocycles. The maximum absolute atomic E-state index is 12.8. The van der Waals surface area contributed by atoms with Crippen molar-refractivity contribution in [2.45, 2.75) is 4.90 Å². The first-order valence-electron chi connectivity index (χ1n) is 10.4. The van der Waals surface area contributed by atoms with E-state index in [1.807, 2.05) is 48.5 Å². The fourth-order valence-electron chi connectivity index (χ4n) is 3.84. The van der Waals surface area contributed by atoms with Crippen molar-refractivity contribution < 1.29 is 8.95 Å². The van der Waals surface area contributed by atoms with Gasteiger partial charge >= 0.3 is 0 Å². The number of ether oxygens (including phenoxy) is 1. The lowest BCUT2D eigenvalue weighted by molar-refractivity contribution is 0.416. The van der Waals surface area contributed by atoms with Gasteiger partial charge in [0.15, 0.2) is 11.0 Å². The van der Waals surface area contributed by atoms with E-state index in [9.17, 15) is 4.21 Å². The average molecular weight is 452 g/mol. The number of hydrogen-bond acceptors (Lipinski definition) is 4. The van der Waals surface area contributed by atoms with Crippen molar-refractivity contribution in [1.29, 1.82) is 0 Å². The van der Waals surface area contributed by atoms with Gasteiger partial charge < -0.3 is 4.74 Å². The Bertz CT molecular complexity index is 1440. The molecule has 0 saturated carbocycles. The molecule has 0 bridgehead atoms. The van der Waals surface area contributed by atoms with E-state index in [1.165, 1.54) is 6.33 Å². The predicted molar refractivity (Wildman–Crippen MR) is 133 cm³/mol. The Labute approximate surface area is 194 Å². The molecule has 1 heterocycles. The number of fused-ring (bicyclic) bond motifs is 1. The van der Waals surface area contributed by atoms with Crippen molar-refractivity contribution in [2.75, 3.05) is 11.8 Å². The lowest BCUT2D eigenvalue weighted by Crippen LogP contribution is -2.06. The van der Waals surface area contributed by atoms with Crippen LogP contribution in [-0.2, 0) is 11.0 Å². The Morgan fingerprint density at radius 3 is 2.48 bits per heavy atom. The summed E-state index contributed by atoms with van der Waals surface area (Å²) >= 11 is 0. The molecule has 0 aliphatic rings. The van der Waals surface area contributed by atoms with Gasteiger partial charge in [-0.1, -0.05) is 66.7 Å². The summed E-state index contributed by atoms with van der Waals surface area (Å²) in [6, 6.07) is 30.1. The first kappa shape index (κ1) is 20.8. The third-order valence-corrected chi connectivity index (χ3v) is 6.52. The summed E-state index contributed by atoms with van der Waals surface area (Å²) in [7, 11) is 0.256. The zero-order valence-corrected chi connectivity index (χ0v) is 18.8. The Morgan fingerprint density at radius 2 is 1.70 bits per heavy atom. The van der Waals surface area contributed by atoms with Crippen molar-refractivity contribution in [3.05, 3.63) is 104 Å². The van der Waals surface area contributed by atoms with Crippen LogP contribution in [0.1, 0.15) is 0 Å². The summed E-state index contributed by atoms with van der Waals surface area (Å²) in [5.41, 5.74) is 4.31. The van der Waals surface area contributed by atoms with E-state index >= 15 is 0 Å². The molecule has 1 aromatic heterocycles. The zero-order chi connectivity index (χ0) is 22.6. The molecule has 0 saturated heterocycles. The molecule has 33 heavy (non-hydrogen) atoms. The number of hydrogen-bond donors (Lipinski definition) is 1. The van der Waals surface area contributed by atoms with Gasteiger partial charge in [-0.05, 0) is 51.7 Å². The van der Waals surface area contributed by atoms with E-state index in [1.54, 1.807) is 19.4 Å². The molecule has 5 nitrogen and oxygen atoms in total. The second-order valence-corrected chi connectivity index (χ2v) is 8.65. The summed E-state index contributed by atoms with van der Waals surface area (Å²) in [6.45, 7) is 0. The second kappa shape index (κ2) is 9.22. The monoisotopic (exact) mass is 451 g/mol. The van der Waals surface area contributed by atoms with Crippen molar-refractivity contribution in [2.24, 2.45) is 0 Å². The zero-order valence-electron chi connectivity index (χ0n) is 17.9. The number of aromatic nitrogens is 2. The molecule has 0 radical (unpaired) electrons. The van der Waals surface area contributed by atoms with Crippen molar-refractivity contribution in [1.82, 2.24) is 9.97 Å². The fraction of sp³-hybridized carbons (Fsp3) is 0.0370. The summed E-state index contributed by atoms with van der Waals surface area (Å²) in [5.74, 6) is 1.32. The molecule has 5 rings (SSSR count). The van der Waals surface area contributed by atoms with Crippen LogP contribution >= 0.6 is 0 Å². The molecule has 0 aliphatic carbocycles. The largest absolute Gasteiger partial charge is 0.496 e. The van der Waals surface area contributed by atoms with Crippen molar-refractivity contribution >= 4 is 27.6 Å². The van der Waals surface area contributed by atoms with Gasteiger partial charge in [0.25, 0.3) is 0 Å². The minimum Gasteiger partial charge on any atom is -0.496 e. The maximum Gasteiger partial charge on any atom is 0.151 e. The Balaban J connectivity index is 1.52. The lowest BCUT2D eigenvalue weighted by Gasteiger charge is -2.14. The van der Waals surface area contributed by atoms with Gasteiger partial charge in [0.1, 0.15) is 17.9 Å². The lowest BCUT2D eigenvalue weighted by atomic mass is 9.95. The van der Waals surface area contributed by atoms with E-state index in [0.29, 0.717) is 10.7 Å². The Hall–Kier alpha value is -4.03. The molecular weight excluding hydrogens is 430 g/mol. The summed E-state index contributed by atoms with van der Waals surface area (Å²) in [5, 5.41) is 2.06. The minimum absolute atomic E-state index is 0.514. The van der Waals surface area contributed by atoms with E-state index < -0.39 is 11.0 Å². The number of anilines is 1.